The van der Waals surface area contributed by atoms with Crippen molar-refractivity contribution in [2.24, 2.45) is 0 Å². The molecule has 1 rings (SSSR count). The first-order valence-corrected chi connectivity index (χ1v) is 5.52. The van der Waals surface area contributed by atoms with Crippen molar-refractivity contribution in [3.8, 4) is 5.75 Å². The zero-order valence-electron chi connectivity index (χ0n) is 11.0. The lowest BCUT2D eigenvalue weighted by Gasteiger charge is -2.18. The van der Waals surface area contributed by atoms with E-state index in [2.05, 4.69) is 4.74 Å². The highest BCUT2D eigenvalue weighted by molar-refractivity contribution is 5.89. The fraction of sp³-hybridized carbons (Fsp3) is 0.385. The minimum absolute atomic E-state index is 0.118. The largest absolute Gasteiger partial charge is 0.481 e. The lowest BCUT2D eigenvalue weighted by molar-refractivity contribution is -0.135. The van der Waals surface area contributed by atoms with Gasteiger partial charge in [-0.3, -0.25) is 4.79 Å². The van der Waals surface area contributed by atoms with Crippen LogP contribution in [0.2, 0.25) is 0 Å². The third-order valence-electron chi connectivity index (χ3n) is 2.38. The number of likely N-dealkylation sites (N-methyl/N-ethyl adjacent to an activating group) is 1. The zero-order valence-corrected chi connectivity index (χ0v) is 11.0. The van der Waals surface area contributed by atoms with Crippen LogP contribution >= 0.6 is 0 Å². The molecule has 5 heteroatoms. The molecule has 1 aromatic rings. The van der Waals surface area contributed by atoms with Gasteiger partial charge in [-0.2, -0.15) is 0 Å². The van der Waals surface area contributed by atoms with Crippen molar-refractivity contribution in [1.29, 1.82) is 0 Å². The summed E-state index contributed by atoms with van der Waals surface area (Å²) in [5.41, 5.74) is 0.441. The van der Waals surface area contributed by atoms with Gasteiger partial charge in [0.05, 0.1) is 12.7 Å². The molecule has 1 atom stereocenters. The topological polar surface area (TPSA) is 55.8 Å². The van der Waals surface area contributed by atoms with E-state index in [0.29, 0.717) is 11.3 Å². The zero-order chi connectivity index (χ0) is 13.7. The molecule has 1 unspecified atom stereocenters. The maximum atomic E-state index is 11.6. The summed E-state index contributed by atoms with van der Waals surface area (Å²) in [5, 5.41) is 0. The van der Waals surface area contributed by atoms with Crippen LogP contribution in [0.15, 0.2) is 24.3 Å². The molecule has 0 aromatic heterocycles. The van der Waals surface area contributed by atoms with Crippen molar-refractivity contribution in [2.45, 2.75) is 13.0 Å². The Balaban J connectivity index is 2.69. The first-order chi connectivity index (χ1) is 8.45. The summed E-state index contributed by atoms with van der Waals surface area (Å²) in [5.74, 6) is 0.0105. The number of carbonyl (C=O) groups is 2. The van der Waals surface area contributed by atoms with Crippen molar-refractivity contribution >= 4 is 11.9 Å². The molecule has 0 aliphatic carbocycles. The first-order valence-electron chi connectivity index (χ1n) is 5.52. The SMILES string of the molecule is COC(=O)c1ccc(OC(C)C(=O)N(C)C)cc1. The van der Waals surface area contributed by atoms with E-state index in [1.54, 1.807) is 45.3 Å². The Kier molecular flexibility index (Phi) is 4.71. The normalized spacial score (nSPS) is 11.6. The van der Waals surface area contributed by atoms with Crippen molar-refractivity contribution in [1.82, 2.24) is 4.90 Å². The van der Waals surface area contributed by atoms with Crippen molar-refractivity contribution in [3.05, 3.63) is 29.8 Å². The molecular weight excluding hydrogens is 234 g/mol. The minimum atomic E-state index is -0.566. The third kappa shape index (κ3) is 3.48. The third-order valence-corrected chi connectivity index (χ3v) is 2.38. The summed E-state index contributed by atoms with van der Waals surface area (Å²) in [6.07, 6.45) is -0.566. The van der Waals surface area contributed by atoms with Crippen molar-refractivity contribution in [3.63, 3.8) is 0 Å². The lowest BCUT2D eigenvalue weighted by atomic mass is 10.2. The molecule has 0 bridgehead atoms. The number of hydrogen-bond acceptors (Lipinski definition) is 4. The molecule has 0 N–H and O–H groups in total. The van der Waals surface area contributed by atoms with Crippen LogP contribution in [0.3, 0.4) is 0 Å². The molecular formula is C13H17NO4. The van der Waals surface area contributed by atoms with Gasteiger partial charge < -0.3 is 14.4 Å². The second kappa shape index (κ2) is 6.05. The molecule has 0 heterocycles. The minimum Gasteiger partial charge on any atom is -0.481 e. The highest BCUT2D eigenvalue weighted by atomic mass is 16.5. The number of ether oxygens (including phenoxy) is 2. The van der Waals surface area contributed by atoms with E-state index in [0.717, 1.165) is 0 Å². The highest BCUT2D eigenvalue weighted by Gasteiger charge is 2.16. The van der Waals surface area contributed by atoms with Gasteiger partial charge in [0.25, 0.3) is 5.91 Å². The van der Waals surface area contributed by atoms with Gasteiger partial charge in [0.1, 0.15) is 5.75 Å². The second-order valence-electron chi connectivity index (χ2n) is 4.01. The summed E-state index contributed by atoms with van der Waals surface area (Å²) >= 11 is 0. The standard InChI is InChI=1S/C13H17NO4/c1-9(12(15)14(2)3)18-11-7-5-10(6-8-11)13(16)17-4/h5-9H,1-4H3. The van der Waals surface area contributed by atoms with Crippen molar-refractivity contribution < 1.29 is 19.1 Å². The Labute approximate surface area is 106 Å². The predicted octanol–water partition coefficient (Wildman–Crippen LogP) is 1.33. The van der Waals surface area contributed by atoms with Crippen molar-refractivity contribution in [2.75, 3.05) is 21.2 Å². The van der Waals surface area contributed by atoms with E-state index >= 15 is 0 Å². The summed E-state index contributed by atoms with van der Waals surface area (Å²) in [7, 11) is 4.66. The smallest absolute Gasteiger partial charge is 0.337 e. The van der Waals surface area contributed by atoms with Crippen LogP contribution in [0.25, 0.3) is 0 Å². The summed E-state index contributed by atoms with van der Waals surface area (Å²) in [6.45, 7) is 1.68. The van der Waals surface area contributed by atoms with Crippen LogP contribution in [-0.4, -0.2) is 44.1 Å². The number of hydrogen-bond donors (Lipinski definition) is 0. The maximum absolute atomic E-state index is 11.6. The second-order valence-corrected chi connectivity index (χ2v) is 4.01. The van der Waals surface area contributed by atoms with E-state index < -0.39 is 12.1 Å². The van der Waals surface area contributed by atoms with E-state index in [1.807, 2.05) is 0 Å². The molecule has 1 aromatic carbocycles. The van der Waals surface area contributed by atoms with E-state index in [4.69, 9.17) is 4.74 Å². The van der Waals surface area contributed by atoms with Gasteiger partial charge in [0.2, 0.25) is 0 Å². The number of methoxy groups -OCH3 is 1. The number of benzene rings is 1. The van der Waals surface area contributed by atoms with E-state index in [1.165, 1.54) is 12.0 Å². The number of rotatable bonds is 4. The summed E-state index contributed by atoms with van der Waals surface area (Å²) in [6, 6.07) is 6.44. The molecule has 0 spiro atoms. The summed E-state index contributed by atoms with van der Waals surface area (Å²) in [4.78, 5) is 24.3. The predicted molar refractivity (Wildman–Crippen MR) is 66.6 cm³/mol. The number of esters is 1. The van der Waals surface area contributed by atoms with Crippen LogP contribution < -0.4 is 4.74 Å². The Morgan fingerprint density at radius 3 is 2.17 bits per heavy atom. The van der Waals surface area contributed by atoms with E-state index in [9.17, 15) is 9.59 Å². The van der Waals surface area contributed by atoms with E-state index in [-0.39, 0.29) is 5.91 Å². The fourth-order valence-electron chi connectivity index (χ4n) is 1.41. The molecule has 98 valence electrons. The fourth-order valence-corrected chi connectivity index (χ4v) is 1.41. The van der Waals surface area contributed by atoms with Gasteiger partial charge in [0.15, 0.2) is 6.10 Å². The van der Waals surface area contributed by atoms with Gasteiger partial charge in [-0.1, -0.05) is 0 Å². The molecule has 1 amide bonds. The Morgan fingerprint density at radius 2 is 1.72 bits per heavy atom. The number of nitrogens with zero attached hydrogens (tertiary/aromatic N) is 1. The van der Waals surface area contributed by atoms with Gasteiger partial charge in [0, 0.05) is 14.1 Å². The Hall–Kier alpha value is -2.04. The van der Waals surface area contributed by atoms with Gasteiger partial charge >= 0.3 is 5.97 Å². The molecule has 0 radical (unpaired) electrons. The Morgan fingerprint density at radius 1 is 1.17 bits per heavy atom. The monoisotopic (exact) mass is 251 g/mol. The molecule has 0 fully saturated rings. The van der Waals surface area contributed by atoms with Crippen LogP contribution in [0.1, 0.15) is 17.3 Å². The first kappa shape index (κ1) is 14.0. The molecule has 0 saturated carbocycles. The molecule has 0 aliphatic heterocycles. The van der Waals surface area contributed by atoms with Gasteiger partial charge in [-0.25, -0.2) is 4.79 Å². The molecule has 18 heavy (non-hydrogen) atoms. The average molecular weight is 251 g/mol. The molecule has 5 nitrogen and oxygen atoms in total. The maximum Gasteiger partial charge on any atom is 0.337 e. The van der Waals surface area contributed by atoms with Crippen LogP contribution in [-0.2, 0) is 9.53 Å². The van der Waals surface area contributed by atoms with Crippen LogP contribution in [0.4, 0.5) is 0 Å². The van der Waals surface area contributed by atoms with Crippen LogP contribution in [0.5, 0.6) is 5.75 Å². The number of amides is 1. The lowest BCUT2D eigenvalue weighted by Crippen LogP contribution is -2.35. The average Bonchev–Trinajstić information content (AvgIpc) is 2.37. The van der Waals surface area contributed by atoms with Gasteiger partial charge in [-0.15, -0.1) is 0 Å². The van der Waals surface area contributed by atoms with Gasteiger partial charge in [-0.05, 0) is 31.2 Å². The number of carbonyl (C=O) groups excluding carboxylic acids is 2. The summed E-state index contributed by atoms with van der Waals surface area (Å²) < 4.78 is 10.0. The van der Waals surface area contributed by atoms with Crippen LogP contribution in [0, 0.1) is 0 Å². The Bertz CT molecular complexity index is 425. The molecule has 0 aliphatic rings. The quantitative estimate of drug-likeness (QED) is 0.757. The highest BCUT2D eigenvalue weighted by Crippen LogP contribution is 2.15. The molecule has 0 saturated heterocycles.